The Labute approximate surface area is 113 Å². The summed E-state index contributed by atoms with van der Waals surface area (Å²) in [5, 5.41) is 10.4. The van der Waals surface area contributed by atoms with Crippen LogP contribution < -0.4 is 5.32 Å². The van der Waals surface area contributed by atoms with E-state index in [1.54, 1.807) is 24.4 Å². The first-order chi connectivity index (χ1) is 8.25. The fourth-order valence-electron chi connectivity index (χ4n) is 1.30. The van der Waals surface area contributed by atoms with Gasteiger partial charge in [0.1, 0.15) is 0 Å². The van der Waals surface area contributed by atoms with Crippen LogP contribution in [-0.4, -0.2) is 16.1 Å². The van der Waals surface area contributed by atoms with E-state index in [9.17, 15) is 4.79 Å². The van der Waals surface area contributed by atoms with Gasteiger partial charge in [-0.3, -0.25) is 4.79 Å². The van der Waals surface area contributed by atoms with E-state index in [1.807, 2.05) is 18.2 Å². The number of benzene rings is 1. The lowest BCUT2D eigenvalue weighted by atomic mass is 10.2. The molecule has 1 aromatic carbocycles. The highest BCUT2D eigenvalue weighted by Gasteiger charge is 2.04. The molecule has 1 aromatic heterocycles. The number of nitrogens with zero attached hydrogens (tertiary/aromatic N) is 2. The fourth-order valence-corrected chi connectivity index (χ4v) is 1.66. The molecule has 86 valence electrons. The van der Waals surface area contributed by atoms with Crippen molar-refractivity contribution >= 4 is 28.5 Å². The first kappa shape index (κ1) is 12.0. The number of aromatic nitrogens is 2. The summed E-state index contributed by atoms with van der Waals surface area (Å²) in [6.07, 6.45) is 1.60. The van der Waals surface area contributed by atoms with Crippen molar-refractivity contribution in [2.24, 2.45) is 0 Å². The van der Waals surface area contributed by atoms with Gasteiger partial charge < -0.3 is 5.32 Å². The van der Waals surface area contributed by atoms with Gasteiger partial charge in [-0.05, 0) is 59.0 Å². The quantitative estimate of drug-likeness (QED) is 0.871. The van der Waals surface area contributed by atoms with Crippen molar-refractivity contribution in [2.45, 2.75) is 6.54 Å². The van der Waals surface area contributed by atoms with Crippen LogP contribution in [0.5, 0.6) is 0 Å². The largest absolute Gasteiger partial charge is 0.346 e. The minimum absolute atomic E-state index is 0.105. The number of hydrogen-bond donors (Lipinski definition) is 1. The molecular formula is C12H10IN3O. The van der Waals surface area contributed by atoms with Gasteiger partial charge in [-0.15, -0.1) is 0 Å². The molecule has 2 rings (SSSR count). The lowest BCUT2D eigenvalue weighted by Crippen LogP contribution is -2.23. The minimum atomic E-state index is -0.105. The molecule has 0 radical (unpaired) electrons. The molecule has 0 fully saturated rings. The van der Waals surface area contributed by atoms with E-state index in [-0.39, 0.29) is 5.91 Å². The highest BCUT2D eigenvalue weighted by atomic mass is 127. The van der Waals surface area contributed by atoms with Gasteiger partial charge in [0, 0.05) is 15.3 Å². The highest BCUT2D eigenvalue weighted by Crippen LogP contribution is 2.06. The lowest BCUT2D eigenvalue weighted by Gasteiger charge is -2.04. The average Bonchev–Trinajstić information content (AvgIpc) is 2.38. The summed E-state index contributed by atoms with van der Waals surface area (Å²) in [6, 6.07) is 11.0. The summed E-state index contributed by atoms with van der Waals surface area (Å²) < 4.78 is 1.10. The first-order valence-corrected chi connectivity index (χ1v) is 6.14. The molecule has 0 aliphatic rings. The number of amides is 1. The first-order valence-electron chi connectivity index (χ1n) is 5.06. The zero-order chi connectivity index (χ0) is 12.1. The molecule has 1 N–H and O–H groups in total. The van der Waals surface area contributed by atoms with Crippen molar-refractivity contribution in [1.82, 2.24) is 15.5 Å². The predicted molar refractivity (Wildman–Crippen MR) is 72.4 cm³/mol. The van der Waals surface area contributed by atoms with E-state index in [1.165, 1.54) is 0 Å². The van der Waals surface area contributed by atoms with Crippen LogP contribution in [0.15, 0.2) is 42.6 Å². The molecule has 0 aliphatic carbocycles. The van der Waals surface area contributed by atoms with Crippen LogP contribution >= 0.6 is 22.6 Å². The Morgan fingerprint density at radius 3 is 2.65 bits per heavy atom. The van der Waals surface area contributed by atoms with Gasteiger partial charge in [0.15, 0.2) is 0 Å². The molecule has 0 aliphatic heterocycles. The molecule has 0 saturated carbocycles. The van der Waals surface area contributed by atoms with Gasteiger partial charge in [-0.25, -0.2) is 0 Å². The van der Waals surface area contributed by atoms with Gasteiger partial charge >= 0.3 is 0 Å². The van der Waals surface area contributed by atoms with E-state index >= 15 is 0 Å². The van der Waals surface area contributed by atoms with E-state index in [2.05, 4.69) is 38.1 Å². The summed E-state index contributed by atoms with van der Waals surface area (Å²) in [7, 11) is 0. The zero-order valence-electron chi connectivity index (χ0n) is 8.93. The zero-order valence-corrected chi connectivity index (χ0v) is 11.1. The fraction of sp³-hybridized carbons (Fsp3) is 0.0833. The van der Waals surface area contributed by atoms with Crippen molar-refractivity contribution in [2.75, 3.05) is 0 Å². The van der Waals surface area contributed by atoms with Crippen LogP contribution in [-0.2, 0) is 6.54 Å². The maximum absolute atomic E-state index is 11.8. The van der Waals surface area contributed by atoms with Crippen LogP contribution in [0, 0.1) is 3.57 Å². The molecule has 4 nitrogen and oxygen atoms in total. The Balaban J connectivity index is 1.96. The standard InChI is InChI=1S/C12H10IN3O/c13-10-5-3-9(4-6-10)12(17)14-8-11-2-1-7-15-16-11/h1-7H,8H2,(H,14,17). The smallest absolute Gasteiger partial charge is 0.251 e. The lowest BCUT2D eigenvalue weighted by molar-refractivity contribution is 0.0950. The Bertz CT molecular complexity index is 499. The summed E-state index contributed by atoms with van der Waals surface area (Å²) in [5.41, 5.74) is 1.39. The molecule has 1 amide bonds. The van der Waals surface area contributed by atoms with Crippen LogP contribution in [0.2, 0.25) is 0 Å². The van der Waals surface area contributed by atoms with Crippen LogP contribution in [0.25, 0.3) is 0 Å². The Morgan fingerprint density at radius 1 is 1.24 bits per heavy atom. The topological polar surface area (TPSA) is 54.9 Å². The van der Waals surface area contributed by atoms with Gasteiger partial charge in [-0.2, -0.15) is 10.2 Å². The number of carbonyl (C=O) groups excluding carboxylic acids is 1. The van der Waals surface area contributed by atoms with Crippen molar-refractivity contribution in [1.29, 1.82) is 0 Å². The Hall–Kier alpha value is -1.50. The Kier molecular flexibility index (Phi) is 4.03. The second-order valence-corrected chi connectivity index (χ2v) is 4.65. The third-order valence-electron chi connectivity index (χ3n) is 2.16. The molecule has 0 saturated heterocycles. The number of carbonyl (C=O) groups is 1. The Morgan fingerprint density at radius 2 is 2.00 bits per heavy atom. The molecule has 0 bridgehead atoms. The number of halogens is 1. The molecule has 5 heteroatoms. The van der Waals surface area contributed by atoms with Crippen molar-refractivity contribution in [3.8, 4) is 0 Å². The van der Waals surface area contributed by atoms with Crippen molar-refractivity contribution in [3.63, 3.8) is 0 Å². The monoisotopic (exact) mass is 339 g/mol. The average molecular weight is 339 g/mol. The summed E-state index contributed by atoms with van der Waals surface area (Å²) in [6.45, 7) is 0.388. The molecule has 17 heavy (non-hydrogen) atoms. The highest BCUT2D eigenvalue weighted by molar-refractivity contribution is 14.1. The third kappa shape index (κ3) is 3.48. The second kappa shape index (κ2) is 5.72. The molecule has 1 heterocycles. The molecular weight excluding hydrogens is 329 g/mol. The van der Waals surface area contributed by atoms with Gasteiger partial charge in [-0.1, -0.05) is 0 Å². The van der Waals surface area contributed by atoms with E-state index < -0.39 is 0 Å². The molecule has 0 atom stereocenters. The van der Waals surface area contributed by atoms with E-state index in [0.29, 0.717) is 12.1 Å². The minimum Gasteiger partial charge on any atom is -0.346 e. The molecule has 0 unspecified atom stereocenters. The van der Waals surface area contributed by atoms with Gasteiger partial charge in [0.05, 0.1) is 12.2 Å². The molecule has 2 aromatic rings. The maximum Gasteiger partial charge on any atom is 0.251 e. The molecule has 0 spiro atoms. The maximum atomic E-state index is 11.8. The van der Waals surface area contributed by atoms with Crippen LogP contribution in [0.3, 0.4) is 0 Å². The second-order valence-electron chi connectivity index (χ2n) is 3.40. The SMILES string of the molecule is O=C(NCc1cccnn1)c1ccc(I)cc1. The summed E-state index contributed by atoms with van der Waals surface area (Å²) in [4.78, 5) is 11.8. The van der Waals surface area contributed by atoms with Crippen molar-refractivity contribution in [3.05, 3.63) is 57.4 Å². The summed E-state index contributed by atoms with van der Waals surface area (Å²) >= 11 is 2.20. The van der Waals surface area contributed by atoms with Crippen LogP contribution in [0.4, 0.5) is 0 Å². The van der Waals surface area contributed by atoms with E-state index in [0.717, 1.165) is 9.26 Å². The van der Waals surface area contributed by atoms with Crippen molar-refractivity contribution < 1.29 is 4.79 Å². The predicted octanol–water partition coefficient (Wildman–Crippen LogP) is 2.01. The third-order valence-corrected chi connectivity index (χ3v) is 2.88. The van der Waals surface area contributed by atoms with Crippen LogP contribution in [0.1, 0.15) is 16.1 Å². The number of rotatable bonds is 3. The summed E-state index contributed by atoms with van der Waals surface area (Å²) in [5.74, 6) is -0.105. The van der Waals surface area contributed by atoms with Gasteiger partial charge in [0.2, 0.25) is 0 Å². The van der Waals surface area contributed by atoms with Gasteiger partial charge in [0.25, 0.3) is 5.91 Å². The van der Waals surface area contributed by atoms with E-state index in [4.69, 9.17) is 0 Å². The number of nitrogens with one attached hydrogen (secondary N) is 1. The number of hydrogen-bond acceptors (Lipinski definition) is 3. The normalized spacial score (nSPS) is 9.94.